The first-order valence-electron chi connectivity index (χ1n) is 10.6. The number of carbonyl (C=O) groups excluding carboxylic acids is 1. The first kappa shape index (κ1) is 23.0. The van der Waals surface area contributed by atoms with Crippen molar-refractivity contribution in [3.8, 4) is 5.88 Å². The monoisotopic (exact) mass is 554 g/mol. The molecule has 2 amide bonds. The van der Waals surface area contributed by atoms with Gasteiger partial charge in [0.15, 0.2) is 0 Å². The minimum Gasteiger partial charge on any atom is -0.476 e. The van der Waals surface area contributed by atoms with Crippen LogP contribution in [-0.2, 0) is 9.47 Å². The summed E-state index contributed by atoms with van der Waals surface area (Å²) in [5.74, 6) is 1.33. The second-order valence-electron chi connectivity index (χ2n) is 7.38. The second-order valence-corrected chi connectivity index (χ2v) is 8.63. The van der Waals surface area contributed by atoms with Crippen molar-refractivity contribution in [1.29, 1.82) is 0 Å². The molecule has 0 bridgehead atoms. The summed E-state index contributed by atoms with van der Waals surface area (Å²) in [6, 6.07) is 8.85. The van der Waals surface area contributed by atoms with Crippen molar-refractivity contribution in [2.75, 3.05) is 81.3 Å². The minimum absolute atomic E-state index is 0.377. The van der Waals surface area contributed by atoms with Gasteiger partial charge in [-0.1, -0.05) is 6.07 Å². The average Bonchev–Trinajstić information content (AvgIpc) is 2.80. The molecule has 2 aromatic rings. The van der Waals surface area contributed by atoms with Crippen LogP contribution in [0.15, 0.2) is 30.3 Å². The van der Waals surface area contributed by atoms with Gasteiger partial charge in [-0.25, -0.2) is 4.79 Å². The highest BCUT2D eigenvalue weighted by molar-refractivity contribution is 14.1. The molecule has 0 unspecified atom stereocenters. The Morgan fingerprint density at radius 3 is 2.53 bits per heavy atom. The van der Waals surface area contributed by atoms with Crippen molar-refractivity contribution in [2.45, 2.75) is 0 Å². The maximum Gasteiger partial charge on any atom is 0.324 e. The van der Waals surface area contributed by atoms with Crippen LogP contribution in [0.25, 0.3) is 0 Å². The van der Waals surface area contributed by atoms with Gasteiger partial charge in [-0.2, -0.15) is 9.97 Å². The molecule has 32 heavy (non-hydrogen) atoms. The number of hydrogen-bond donors (Lipinski definition) is 2. The third kappa shape index (κ3) is 6.89. The van der Waals surface area contributed by atoms with Gasteiger partial charge in [0.1, 0.15) is 12.4 Å². The van der Waals surface area contributed by atoms with E-state index in [9.17, 15) is 4.79 Å². The Kier molecular flexibility index (Phi) is 8.31. The van der Waals surface area contributed by atoms with Gasteiger partial charge in [-0.05, 0) is 40.8 Å². The van der Waals surface area contributed by atoms with Crippen LogP contribution in [0, 0.1) is 3.57 Å². The Morgan fingerprint density at radius 2 is 1.78 bits per heavy atom. The summed E-state index contributed by atoms with van der Waals surface area (Å²) in [4.78, 5) is 26.0. The molecule has 2 aliphatic rings. The maximum atomic E-state index is 12.5. The first-order valence-corrected chi connectivity index (χ1v) is 11.7. The van der Waals surface area contributed by atoms with E-state index in [1.165, 1.54) is 0 Å². The summed E-state index contributed by atoms with van der Waals surface area (Å²) in [6.45, 7) is 7.18. The number of halogens is 1. The molecule has 2 N–H and O–H groups in total. The number of hydrogen-bond acceptors (Lipinski definition) is 8. The molecule has 1 aromatic heterocycles. The molecule has 10 nitrogen and oxygen atoms in total. The summed E-state index contributed by atoms with van der Waals surface area (Å²) in [6.07, 6.45) is 0. The minimum atomic E-state index is -0.377. The van der Waals surface area contributed by atoms with Crippen LogP contribution in [0.1, 0.15) is 0 Å². The number of aromatic nitrogens is 2. The number of carbonyl (C=O) groups is 1. The van der Waals surface area contributed by atoms with E-state index in [-0.39, 0.29) is 6.03 Å². The largest absolute Gasteiger partial charge is 0.476 e. The van der Waals surface area contributed by atoms with Crippen molar-refractivity contribution in [3.05, 3.63) is 33.9 Å². The smallest absolute Gasteiger partial charge is 0.324 e. The van der Waals surface area contributed by atoms with E-state index in [0.29, 0.717) is 56.2 Å². The number of anilines is 3. The Labute approximate surface area is 200 Å². The number of amides is 2. The Hall–Kier alpha value is -2.22. The van der Waals surface area contributed by atoms with Crippen LogP contribution in [0.2, 0.25) is 0 Å². The van der Waals surface area contributed by atoms with Crippen molar-refractivity contribution in [1.82, 2.24) is 14.9 Å². The molecular weight excluding hydrogens is 527 g/mol. The normalized spacial score (nSPS) is 17.1. The van der Waals surface area contributed by atoms with E-state index < -0.39 is 0 Å². The van der Waals surface area contributed by atoms with E-state index in [0.717, 1.165) is 36.4 Å². The number of benzene rings is 1. The maximum absolute atomic E-state index is 12.5. The van der Waals surface area contributed by atoms with Crippen LogP contribution >= 0.6 is 22.6 Å². The van der Waals surface area contributed by atoms with Crippen LogP contribution < -0.4 is 20.3 Å². The summed E-state index contributed by atoms with van der Waals surface area (Å²) >= 11 is 2.20. The highest BCUT2D eigenvalue weighted by Gasteiger charge is 2.18. The van der Waals surface area contributed by atoms with Crippen molar-refractivity contribution < 1.29 is 19.0 Å². The predicted octanol–water partition coefficient (Wildman–Crippen LogP) is 2.27. The molecule has 11 heteroatoms. The van der Waals surface area contributed by atoms with Gasteiger partial charge in [0.25, 0.3) is 0 Å². The van der Waals surface area contributed by atoms with Crippen LogP contribution in [-0.4, -0.2) is 86.7 Å². The van der Waals surface area contributed by atoms with Crippen molar-refractivity contribution in [2.24, 2.45) is 0 Å². The number of ether oxygens (including phenoxy) is 3. The standard InChI is InChI=1S/C21H27IN6O4/c22-16-2-1-3-17(14-16)23-21(29)25-18-15-19(32-13-6-27-4-9-30-10-5-27)26-20(24-18)28-7-11-31-12-8-28/h1-3,14-15H,4-13H2,(H2,23,24,25,26,29). The molecule has 2 fully saturated rings. The Bertz CT molecular complexity index is 906. The molecule has 2 aliphatic heterocycles. The second kappa shape index (κ2) is 11.6. The molecule has 0 spiro atoms. The molecule has 2 saturated heterocycles. The third-order valence-electron chi connectivity index (χ3n) is 5.07. The SMILES string of the molecule is O=C(Nc1cccc(I)c1)Nc1cc(OCCN2CCOCC2)nc(N2CCOCC2)n1. The predicted molar refractivity (Wildman–Crippen MR) is 130 cm³/mol. The van der Waals surface area contributed by atoms with E-state index in [1.54, 1.807) is 6.07 Å². The average molecular weight is 554 g/mol. The summed E-state index contributed by atoms with van der Waals surface area (Å²) in [7, 11) is 0. The zero-order chi connectivity index (χ0) is 22.2. The molecule has 0 radical (unpaired) electrons. The highest BCUT2D eigenvalue weighted by atomic mass is 127. The molecule has 4 rings (SSSR count). The van der Waals surface area contributed by atoms with Crippen LogP contribution in [0.5, 0.6) is 5.88 Å². The third-order valence-corrected chi connectivity index (χ3v) is 5.74. The lowest BCUT2D eigenvalue weighted by Crippen LogP contribution is -2.39. The van der Waals surface area contributed by atoms with Gasteiger partial charge in [0, 0.05) is 48.0 Å². The lowest BCUT2D eigenvalue weighted by Gasteiger charge is -2.28. The fraction of sp³-hybridized carbons (Fsp3) is 0.476. The molecule has 0 saturated carbocycles. The van der Waals surface area contributed by atoms with E-state index in [2.05, 4.69) is 48.1 Å². The molecule has 0 aliphatic carbocycles. The van der Waals surface area contributed by atoms with Crippen molar-refractivity contribution in [3.63, 3.8) is 0 Å². The zero-order valence-electron chi connectivity index (χ0n) is 17.8. The number of nitrogens with zero attached hydrogens (tertiary/aromatic N) is 4. The highest BCUT2D eigenvalue weighted by Crippen LogP contribution is 2.21. The van der Waals surface area contributed by atoms with Gasteiger partial charge in [0.05, 0.1) is 26.4 Å². The van der Waals surface area contributed by atoms with Crippen LogP contribution in [0.4, 0.5) is 22.2 Å². The fourth-order valence-electron chi connectivity index (χ4n) is 3.40. The Balaban J connectivity index is 1.43. The Morgan fingerprint density at radius 1 is 1.03 bits per heavy atom. The summed E-state index contributed by atoms with van der Waals surface area (Å²) < 4.78 is 17.8. The molecular formula is C21H27IN6O4. The van der Waals surface area contributed by atoms with Gasteiger partial charge in [0.2, 0.25) is 11.8 Å². The van der Waals surface area contributed by atoms with Crippen molar-refractivity contribution >= 4 is 46.1 Å². The number of nitrogens with one attached hydrogen (secondary N) is 2. The fourth-order valence-corrected chi connectivity index (χ4v) is 3.95. The lowest BCUT2D eigenvalue weighted by molar-refractivity contribution is 0.0320. The molecule has 1 aromatic carbocycles. The zero-order valence-corrected chi connectivity index (χ0v) is 19.9. The van der Waals surface area contributed by atoms with E-state index in [4.69, 9.17) is 14.2 Å². The number of urea groups is 1. The van der Waals surface area contributed by atoms with Gasteiger partial charge in [-0.15, -0.1) is 0 Å². The summed E-state index contributed by atoms with van der Waals surface area (Å²) in [5.41, 5.74) is 0.707. The van der Waals surface area contributed by atoms with Gasteiger partial charge < -0.3 is 24.4 Å². The molecule has 0 atom stereocenters. The van der Waals surface area contributed by atoms with E-state index >= 15 is 0 Å². The van der Waals surface area contributed by atoms with Crippen LogP contribution in [0.3, 0.4) is 0 Å². The van der Waals surface area contributed by atoms with E-state index in [1.807, 2.05) is 29.2 Å². The molecule has 3 heterocycles. The lowest BCUT2D eigenvalue weighted by atomic mass is 10.3. The summed E-state index contributed by atoms with van der Waals surface area (Å²) in [5, 5.41) is 5.63. The molecule has 172 valence electrons. The number of morpholine rings is 2. The topological polar surface area (TPSA) is 101 Å². The first-order chi connectivity index (χ1) is 15.7. The van der Waals surface area contributed by atoms with Gasteiger partial charge in [-0.3, -0.25) is 10.2 Å². The van der Waals surface area contributed by atoms with Gasteiger partial charge >= 0.3 is 6.03 Å². The quantitative estimate of drug-likeness (QED) is 0.503. The number of rotatable bonds is 7.